The van der Waals surface area contributed by atoms with Crippen LogP contribution in [0, 0.1) is 0 Å². The maximum absolute atomic E-state index is 12.7. The van der Waals surface area contributed by atoms with Crippen molar-refractivity contribution < 1.29 is 9.59 Å². The van der Waals surface area contributed by atoms with Crippen LogP contribution in [0.1, 0.15) is 5.56 Å². The first-order valence-corrected chi connectivity index (χ1v) is 7.46. The number of nitrogens with two attached hydrogens (primary N) is 1. The fraction of sp³-hybridized carbons (Fsp3) is 0.0714. The zero-order valence-corrected chi connectivity index (χ0v) is 12.4. The summed E-state index contributed by atoms with van der Waals surface area (Å²) in [7, 11) is 0. The lowest BCUT2D eigenvalue weighted by Gasteiger charge is -2.14. The molecule has 8 nitrogen and oxygen atoms in total. The molecule has 2 aromatic heterocycles. The van der Waals surface area contributed by atoms with Gasteiger partial charge in [-0.05, 0) is 6.07 Å². The van der Waals surface area contributed by atoms with Crippen LogP contribution in [0.2, 0.25) is 0 Å². The van der Waals surface area contributed by atoms with E-state index in [-0.39, 0.29) is 16.7 Å². The fourth-order valence-corrected chi connectivity index (χ4v) is 3.61. The van der Waals surface area contributed by atoms with E-state index >= 15 is 0 Å². The van der Waals surface area contributed by atoms with E-state index < -0.39 is 17.4 Å². The van der Waals surface area contributed by atoms with Crippen molar-refractivity contribution in [3.05, 3.63) is 51.0 Å². The summed E-state index contributed by atoms with van der Waals surface area (Å²) < 4.78 is 1.41. The summed E-state index contributed by atoms with van der Waals surface area (Å²) in [5.74, 6) is -1.05. The van der Waals surface area contributed by atoms with E-state index in [1.165, 1.54) is 11.2 Å². The number of carbonyl (C=O) groups excluding carboxylic acids is 2. The predicted octanol–water partition coefficient (Wildman–Crippen LogP) is -1.10. The normalized spacial score (nSPS) is 16.2. The van der Waals surface area contributed by atoms with Crippen LogP contribution in [-0.4, -0.2) is 33.0 Å². The Labute approximate surface area is 132 Å². The van der Waals surface area contributed by atoms with Gasteiger partial charge in [0.2, 0.25) is 10.9 Å². The lowest BCUT2D eigenvalue weighted by molar-refractivity contribution is -0.119. The zero-order chi connectivity index (χ0) is 16.1. The van der Waals surface area contributed by atoms with Gasteiger partial charge in [0.1, 0.15) is 17.4 Å². The second-order valence-corrected chi connectivity index (χ2v) is 5.92. The summed E-state index contributed by atoms with van der Waals surface area (Å²) in [5, 5.41) is 3.85. The van der Waals surface area contributed by atoms with E-state index in [1.54, 1.807) is 24.3 Å². The molecule has 0 bridgehead atoms. The number of hydrogen-bond donors (Lipinski definition) is 1. The maximum Gasteiger partial charge on any atom is 0.291 e. The number of primary amides is 1. The number of nitrogens with zero attached hydrogens (tertiary/aromatic N) is 4. The molecule has 2 amide bonds. The number of benzene rings is 1. The van der Waals surface area contributed by atoms with Crippen LogP contribution in [-0.2, 0) is 9.59 Å². The minimum atomic E-state index is -0.626. The number of fused-ring (bicyclic) bond motifs is 2. The Kier molecular flexibility index (Phi) is 2.78. The average Bonchev–Trinajstić information content (AvgIpc) is 3.16. The SMILES string of the molecule is NC(=O)CN1C(=O)/C(=c2\sc3ncnn3c2=O)c2ccccc21. The lowest BCUT2D eigenvalue weighted by atomic mass is 10.1. The Morgan fingerprint density at radius 1 is 1.26 bits per heavy atom. The minimum absolute atomic E-state index is 0.242. The molecule has 0 unspecified atom stereocenters. The number of hydrogen-bond acceptors (Lipinski definition) is 6. The van der Waals surface area contributed by atoms with Crippen LogP contribution in [0.25, 0.3) is 10.5 Å². The number of aromatic nitrogens is 3. The molecule has 1 aliphatic heterocycles. The van der Waals surface area contributed by atoms with Gasteiger partial charge in [-0.15, -0.1) is 0 Å². The van der Waals surface area contributed by atoms with E-state index in [0.717, 1.165) is 15.9 Å². The number of anilines is 1. The van der Waals surface area contributed by atoms with Gasteiger partial charge in [0, 0.05) is 5.56 Å². The first-order valence-electron chi connectivity index (χ1n) is 6.64. The molecule has 0 spiro atoms. The van der Waals surface area contributed by atoms with E-state index in [1.807, 2.05) is 0 Å². The van der Waals surface area contributed by atoms with E-state index in [9.17, 15) is 14.4 Å². The van der Waals surface area contributed by atoms with Gasteiger partial charge in [-0.1, -0.05) is 29.5 Å². The summed E-state index contributed by atoms with van der Waals surface area (Å²) in [6.07, 6.45) is 1.28. The molecule has 3 heterocycles. The monoisotopic (exact) mass is 327 g/mol. The molecule has 0 radical (unpaired) electrons. The van der Waals surface area contributed by atoms with Gasteiger partial charge in [0.05, 0.1) is 11.3 Å². The molecule has 23 heavy (non-hydrogen) atoms. The molecule has 2 N–H and O–H groups in total. The third-order valence-corrected chi connectivity index (χ3v) is 4.60. The predicted molar refractivity (Wildman–Crippen MR) is 82.9 cm³/mol. The minimum Gasteiger partial charge on any atom is -0.368 e. The number of thiazole rings is 1. The van der Waals surface area contributed by atoms with E-state index in [4.69, 9.17) is 5.73 Å². The third kappa shape index (κ3) is 1.87. The highest BCUT2D eigenvalue weighted by Crippen LogP contribution is 2.34. The summed E-state index contributed by atoms with van der Waals surface area (Å²) in [5.41, 5.74) is 6.24. The molecule has 0 saturated heterocycles. The van der Waals surface area contributed by atoms with E-state index in [0.29, 0.717) is 16.2 Å². The zero-order valence-electron chi connectivity index (χ0n) is 11.6. The van der Waals surface area contributed by atoms with Gasteiger partial charge in [0.25, 0.3) is 11.5 Å². The highest BCUT2D eigenvalue weighted by atomic mass is 32.1. The highest BCUT2D eigenvalue weighted by molar-refractivity contribution is 7.15. The Bertz CT molecular complexity index is 1080. The van der Waals surface area contributed by atoms with Crippen LogP contribution in [0.3, 0.4) is 0 Å². The first kappa shape index (κ1) is 13.6. The second kappa shape index (κ2) is 4.71. The maximum atomic E-state index is 12.7. The second-order valence-electron chi connectivity index (χ2n) is 4.94. The molecule has 1 aromatic carbocycles. The highest BCUT2D eigenvalue weighted by Gasteiger charge is 2.34. The molecule has 0 atom stereocenters. The average molecular weight is 327 g/mol. The molecule has 114 valence electrons. The quantitative estimate of drug-likeness (QED) is 0.642. The number of amides is 2. The van der Waals surface area contributed by atoms with Gasteiger partial charge in [-0.3, -0.25) is 19.3 Å². The molecule has 0 aliphatic carbocycles. The standard InChI is InChI=1S/C14H9N5O3S/c15-9(20)5-18-8-4-2-1-3-7(8)10(12(18)21)11-13(22)19-14(23-11)16-6-17-19/h1-4,6H,5H2,(H2,15,20)/b11-10-. The molecule has 9 heteroatoms. The van der Waals surface area contributed by atoms with Crippen LogP contribution >= 0.6 is 11.3 Å². The molecule has 0 fully saturated rings. The number of para-hydroxylation sites is 1. The summed E-state index contributed by atoms with van der Waals surface area (Å²) in [6.45, 7) is -0.242. The van der Waals surface area contributed by atoms with Crippen molar-refractivity contribution in [3.63, 3.8) is 0 Å². The van der Waals surface area contributed by atoms with Gasteiger partial charge >= 0.3 is 0 Å². The van der Waals surface area contributed by atoms with Crippen LogP contribution in [0.5, 0.6) is 0 Å². The third-order valence-electron chi connectivity index (χ3n) is 3.56. The lowest BCUT2D eigenvalue weighted by Crippen LogP contribution is -2.37. The number of rotatable bonds is 2. The van der Waals surface area contributed by atoms with Crippen molar-refractivity contribution in [2.75, 3.05) is 11.4 Å². The Morgan fingerprint density at radius 2 is 2.04 bits per heavy atom. The molecular weight excluding hydrogens is 318 g/mol. The molecule has 1 aliphatic rings. The van der Waals surface area contributed by atoms with Crippen molar-refractivity contribution in [3.8, 4) is 0 Å². The van der Waals surface area contributed by atoms with Crippen LogP contribution in [0.4, 0.5) is 5.69 Å². The first-order chi connectivity index (χ1) is 11.1. The van der Waals surface area contributed by atoms with Crippen LogP contribution in [0.15, 0.2) is 35.4 Å². The van der Waals surface area contributed by atoms with E-state index in [2.05, 4.69) is 10.1 Å². The molecule has 0 saturated carbocycles. The Morgan fingerprint density at radius 3 is 2.78 bits per heavy atom. The summed E-state index contributed by atoms with van der Waals surface area (Å²) in [6, 6.07) is 6.97. The van der Waals surface area contributed by atoms with Crippen LogP contribution < -0.4 is 20.7 Å². The topological polar surface area (TPSA) is 111 Å². The van der Waals surface area contributed by atoms with Crippen molar-refractivity contribution in [1.29, 1.82) is 0 Å². The molecular formula is C14H9N5O3S. The number of carbonyl (C=O) groups is 2. The largest absolute Gasteiger partial charge is 0.368 e. The smallest absolute Gasteiger partial charge is 0.291 e. The molecule has 3 aromatic rings. The Hall–Kier alpha value is -3.07. The van der Waals surface area contributed by atoms with Crippen molar-refractivity contribution in [2.24, 2.45) is 5.73 Å². The molecule has 4 rings (SSSR count). The van der Waals surface area contributed by atoms with Crippen molar-refractivity contribution in [1.82, 2.24) is 14.6 Å². The van der Waals surface area contributed by atoms with Gasteiger partial charge in [-0.25, -0.2) is 4.98 Å². The fourth-order valence-electron chi connectivity index (χ4n) is 2.64. The van der Waals surface area contributed by atoms with Gasteiger partial charge < -0.3 is 5.73 Å². The van der Waals surface area contributed by atoms with Gasteiger partial charge in [-0.2, -0.15) is 9.61 Å². The van der Waals surface area contributed by atoms with Crippen molar-refractivity contribution >= 4 is 39.4 Å². The van der Waals surface area contributed by atoms with Gasteiger partial charge in [0.15, 0.2) is 0 Å². The summed E-state index contributed by atoms with van der Waals surface area (Å²) >= 11 is 1.09. The van der Waals surface area contributed by atoms with Crippen molar-refractivity contribution in [2.45, 2.75) is 0 Å². The summed E-state index contributed by atoms with van der Waals surface area (Å²) in [4.78, 5) is 42.1. The Balaban J connectivity index is 2.06.